The Labute approximate surface area is 215 Å². The maximum Gasteiger partial charge on any atom is 0.331 e. The zero-order valence-electron chi connectivity index (χ0n) is 20.8. The second-order valence-electron chi connectivity index (χ2n) is 9.05. The number of hydrazine groups is 1. The number of fused-ring (bicyclic) bond motifs is 3. The summed E-state index contributed by atoms with van der Waals surface area (Å²) in [6, 6.07) is 23.4. The Balaban J connectivity index is 0.000000175. The standard InChI is InChI=1S/C15H16N2O3.C15H13NO/c1-15(9-5-6-11(10-15)13(18)19)14(20)17-16-12-7-3-2-4-8-12;1-2-16-14-6-4-3-5-12(14)13-9-11(10-17)7-8-15(13)16/h2-9,16H,10H2,1H3,(H,17,20)(H,18,19);3-10H,2H2,1H3. The van der Waals surface area contributed by atoms with Crippen LogP contribution in [0.2, 0.25) is 0 Å². The zero-order chi connectivity index (χ0) is 26.4. The highest BCUT2D eigenvalue weighted by Gasteiger charge is 2.34. The molecule has 1 aliphatic rings. The number of benzene rings is 3. The average molecular weight is 496 g/mol. The fourth-order valence-corrected chi connectivity index (χ4v) is 4.47. The zero-order valence-corrected chi connectivity index (χ0v) is 20.8. The van der Waals surface area contributed by atoms with E-state index >= 15 is 0 Å². The molecule has 1 atom stereocenters. The summed E-state index contributed by atoms with van der Waals surface area (Å²) in [4.78, 5) is 34.1. The van der Waals surface area contributed by atoms with Crippen molar-refractivity contribution < 1.29 is 19.5 Å². The molecule has 3 N–H and O–H groups in total. The molecule has 37 heavy (non-hydrogen) atoms. The summed E-state index contributed by atoms with van der Waals surface area (Å²) in [5.41, 5.74) is 8.69. The predicted octanol–water partition coefficient (Wildman–Crippen LogP) is 5.73. The van der Waals surface area contributed by atoms with Gasteiger partial charge in [-0.1, -0.05) is 54.6 Å². The molecule has 0 bridgehead atoms. The van der Waals surface area contributed by atoms with Crippen LogP contribution in [0.3, 0.4) is 0 Å². The van der Waals surface area contributed by atoms with Crippen molar-refractivity contribution in [2.24, 2.45) is 5.41 Å². The number of nitrogens with one attached hydrogen (secondary N) is 2. The van der Waals surface area contributed by atoms with E-state index in [0.29, 0.717) is 0 Å². The third kappa shape index (κ3) is 5.46. The first-order chi connectivity index (χ1) is 17.9. The Bertz CT molecular complexity index is 1520. The van der Waals surface area contributed by atoms with Gasteiger partial charge in [0.2, 0.25) is 5.91 Å². The number of nitrogens with zero attached hydrogens (tertiary/aromatic N) is 1. The van der Waals surface area contributed by atoms with Crippen LogP contribution in [0.25, 0.3) is 21.8 Å². The van der Waals surface area contributed by atoms with Crippen molar-refractivity contribution in [1.29, 1.82) is 0 Å². The molecule has 1 amide bonds. The maximum atomic E-state index is 12.2. The minimum Gasteiger partial charge on any atom is -0.478 e. The van der Waals surface area contributed by atoms with Gasteiger partial charge in [0.05, 0.1) is 11.1 Å². The number of carboxylic acid groups (broad SMARTS) is 1. The van der Waals surface area contributed by atoms with Crippen LogP contribution in [-0.2, 0) is 16.1 Å². The van der Waals surface area contributed by atoms with Crippen molar-refractivity contribution in [2.75, 3.05) is 5.43 Å². The number of aryl methyl sites for hydroxylation is 1. The van der Waals surface area contributed by atoms with Crippen LogP contribution < -0.4 is 10.9 Å². The molecule has 3 aromatic carbocycles. The number of rotatable bonds is 6. The van der Waals surface area contributed by atoms with Gasteiger partial charge in [0, 0.05) is 39.5 Å². The highest BCUT2D eigenvalue weighted by molar-refractivity contribution is 6.09. The van der Waals surface area contributed by atoms with Gasteiger partial charge in [-0.15, -0.1) is 0 Å². The van der Waals surface area contributed by atoms with Crippen molar-refractivity contribution >= 4 is 45.7 Å². The molecule has 4 aromatic rings. The molecule has 0 saturated carbocycles. The van der Waals surface area contributed by atoms with Crippen LogP contribution >= 0.6 is 0 Å². The lowest BCUT2D eigenvalue weighted by Crippen LogP contribution is -2.42. The minimum atomic E-state index is -0.996. The normalized spacial score (nSPS) is 16.4. The predicted molar refractivity (Wildman–Crippen MR) is 146 cm³/mol. The van der Waals surface area contributed by atoms with E-state index < -0.39 is 11.4 Å². The summed E-state index contributed by atoms with van der Waals surface area (Å²) in [6.07, 6.45) is 5.90. The summed E-state index contributed by atoms with van der Waals surface area (Å²) in [5, 5.41) is 11.4. The number of aromatic nitrogens is 1. The van der Waals surface area contributed by atoms with E-state index in [-0.39, 0.29) is 17.9 Å². The van der Waals surface area contributed by atoms with Crippen LogP contribution in [0.4, 0.5) is 5.69 Å². The molecule has 0 fully saturated rings. The highest BCUT2D eigenvalue weighted by Crippen LogP contribution is 2.32. The second kappa shape index (κ2) is 11.0. The highest BCUT2D eigenvalue weighted by atomic mass is 16.4. The Morgan fingerprint density at radius 3 is 2.41 bits per heavy atom. The van der Waals surface area contributed by atoms with E-state index in [1.54, 1.807) is 19.1 Å². The number of para-hydroxylation sites is 2. The molecule has 1 aliphatic carbocycles. The van der Waals surface area contributed by atoms with E-state index in [4.69, 9.17) is 5.11 Å². The Morgan fingerprint density at radius 2 is 1.70 bits per heavy atom. The molecular weight excluding hydrogens is 466 g/mol. The number of hydrogen-bond acceptors (Lipinski definition) is 4. The molecular formula is C30H29N3O4. The molecule has 0 radical (unpaired) electrons. The monoisotopic (exact) mass is 495 g/mol. The van der Waals surface area contributed by atoms with Crippen LogP contribution in [0, 0.1) is 5.41 Å². The van der Waals surface area contributed by atoms with E-state index in [1.165, 1.54) is 22.5 Å². The quantitative estimate of drug-likeness (QED) is 0.234. The van der Waals surface area contributed by atoms with Gasteiger partial charge in [-0.3, -0.25) is 20.4 Å². The number of carboxylic acids is 1. The van der Waals surface area contributed by atoms with Crippen molar-refractivity contribution in [3.63, 3.8) is 0 Å². The molecule has 7 nitrogen and oxygen atoms in total. The third-order valence-electron chi connectivity index (χ3n) is 6.46. The van der Waals surface area contributed by atoms with Gasteiger partial charge in [0.25, 0.3) is 0 Å². The summed E-state index contributed by atoms with van der Waals surface area (Å²) in [7, 11) is 0. The molecule has 5 rings (SSSR count). The first-order valence-corrected chi connectivity index (χ1v) is 12.1. The maximum absolute atomic E-state index is 12.2. The smallest absolute Gasteiger partial charge is 0.331 e. The summed E-state index contributed by atoms with van der Waals surface area (Å²) < 4.78 is 2.28. The number of amides is 1. The first kappa shape index (κ1) is 25.4. The van der Waals surface area contributed by atoms with Gasteiger partial charge in [-0.05, 0) is 56.7 Å². The average Bonchev–Trinajstić information content (AvgIpc) is 3.25. The van der Waals surface area contributed by atoms with Gasteiger partial charge in [-0.2, -0.15) is 0 Å². The lowest BCUT2D eigenvalue weighted by atomic mass is 9.79. The number of carbonyl (C=O) groups excluding carboxylic acids is 2. The van der Waals surface area contributed by atoms with Crippen LogP contribution in [0.15, 0.2) is 96.6 Å². The van der Waals surface area contributed by atoms with E-state index in [0.717, 1.165) is 29.5 Å². The van der Waals surface area contributed by atoms with E-state index in [2.05, 4.69) is 34.5 Å². The molecule has 1 aromatic heterocycles. The number of aldehydes is 1. The first-order valence-electron chi connectivity index (χ1n) is 12.1. The number of hydrogen-bond donors (Lipinski definition) is 3. The topological polar surface area (TPSA) is 100 Å². The SMILES string of the molecule is CC1(C(=O)NNc2ccccc2)C=CC=C(C(=O)O)C1.CCn1c2ccccc2c2cc(C=O)ccc21. The Hall–Kier alpha value is -4.65. The van der Waals surface area contributed by atoms with Gasteiger partial charge >= 0.3 is 5.97 Å². The van der Waals surface area contributed by atoms with Crippen molar-refractivity contribution in [3.8, 4) is 0 Å². The number of allylic oxidation sites excluding steroid dienone is 2. The van der Waals surface area contributed by atoms with E-state index in [1.807, 2.05) is 60.7 Å². The van der Waals surface area contributed by atoms with Gasteiger partial charge < -0.3 is 9.67 Å². The summed E-state index contributed by atoms with van der Waals surface area (Å²) in [6.45, 7) is 4.78. The van der Waals surface area contributed by atoms with Crippen LogP contribution in [0.1, 0.15) is 30.6 Å². The summed E-state index contributed by atoms with van der Waals surface area (Å²) >= 11 is 0. The lowest BCUT2D eigenvalue weighted by Gasteiger charge is -2.27. The fraction of sp³-hybridized carbons (Fsp3) is 0.167. The molecule has 1 heterocycles. The molecule has 1 unspecified atom stereocenters. The summed E-state index contributed by atoms with van der Waals surface area (Å²) in [5.74, 6) is -1.27. The molecule has 7 heteroatoms. The number of aliphatic carboxylic acids is 1. The minimum absolute atomic E-state index is 0.168. The van der Waals surface area contributed by atoms with Crippen molar-refractivity contribution in [2.45, 2.75) is 26.8 Å². The van der Waals surface area contributed by atoms with Gasteiger partial charge in [0.1, 0.15) is 6.29 Å². The van der Waals surface area contributed by atoms with Crippen molar-refractivity contribution in [1.82, 2.24) is 9.99 Å². The molecule has 0 spiro atoms. The number of carbonyl (C=O) groups is 3. The largest absolute Gasteiger partial charge is 0.478 e. The van der Waals surface area contributed by atoms with Gasteiger partial charge in [0.15, 0.2) is 0 Å². The Kier molecular flexibility index (Phi) is 7.53. The van der Waals surface area contributed by atoms with Crippen LogP contribution in [0.5, 0.6) is 0 Å². The van der Waals surface area contributed by atoms with E-state index in [9.17, 15) is 14.4 Å². The fourth-order valence-electron chi connectivity index (χ4n) is 4.47. The molecule has 188 valence electrons. The number of anilines is 1. The molecule has 0 saturated heterocycles. The van der Waals surface area contributed by atoms with Crippen LogP contribution in [-0.4, -0.2) is 27.8 Å². The molecule has 0 aliphatic heterocycles. The second-order valence-corrected chi connectivity index (χ2v) is 9.05. The van der Waals surface area contributed by atoms with Crippen molar-refractivity contribution in [3.05, 3.63) is 102 Å². The lowest BCUT2D eigenvalue weighted by molar-refractivity contribution is -0.133. The third-order valence-corrected chi connectivity index (χ3v) is 6.46. The Morgan fingerprint density at radius 1 is 1.00 bits per heavy atom. The van der Waals surface area contributed by atoms with Gasteiger partial charge in [-0.25, -0.2) is 4.79 Å².